The lowest BCUT2D eigenvalue weighted by molar-refractivity contribution is -0.144. The number of hydrogen-bond acceptors (Lipinski definition) is 5. The molecule has 0 radical (unpaired) electrons. The highest BCUT2D eigenvalue weighted by atomic mass is 32.2. The third-order valence-electron chi connectivity index (χ3n) is 4.50. The van der Waals surface area contributed by atoms with Crippen LogP contribution in [0.25, 0.3) is 0 Å². The average Bonchev–Trinajstić information content (AvgIpc) is 2.84. The molecule has 0 saturated heterocycles. The molecular weight excluding hydrogens is 316 g/mol. The maximum absolute atomic E-state index is 12.2. The van der Waals surface area contributed by atoms with Crippen LogP contribution >= 0.6 is 0 Å². The number of benzene rings is 1. The second-order valence-corrected chi connectivity index (χ2v) is 7.53. The highest BCUT2D eigenvalue weighted by Crippen LogP contribution is 2.29. The SMILES string of the molecule is COC(=O)[C@@H](NC1=NS(=O)(=O)c2ccccc21)C1CCCCC1. The first-order valence-electron chi connectivity index (χ1n) is 7.81. The number of carbonyl (C=O) groups excluding carboxylic acids is 1. The van der Waals surface area contributed by atoms with Crippen LogP contribution in [-0.4, -0.2) is 33.4 Å². The average molecular weight is 336 g/mol. The van der Waals surface area contributed by atoms with Gasteiger partial charge in [-0.2, -0.15) is 8.42 Å². The van der Waals surface area contributed by atoms with Crippen molar-refractivity contribution in [1.82, 2.24) is 5.32 Å². The maximum Gasteiger partial charge on any atom is 0.328 e. The van der Waals surface area contributed by atoms with Crippen LogP contribution in [0.5, 0.6) is 0 Å². The molecule has 1 atom stereocenters. The molecule has 0 amide bonds. The van der Waals surface area contributed by atoms with Gasteiger partial charge in [0.2, 0.25) is 0 Å². The van der Waals surface area contributed by atoms with Gasteiger partial charge in [0.25, 0.3) is 10.0 Å². The first-order chi connectivity index (χ1) is 11.0. The highest BCUT2D eigenvalue weighted by Gasteiger charge is 2.35. The normalized spacial score (nSPS) is 21.2. The quantitative estimate of drug-likeness (QED) is 0.852. The van der Waals surface area contributed by atoms with Crippen LogP contribution < -0.4 is 5.32 Å². The minimum atomic E-state index is -3.69. The van der Waals surface area contributed by atoms with Crippen LogP contribution in [0.15, 0.2) is 33.6 Å². The predicted octanol–water partition coefficient (Wildman–Crippen LogP) is 1.85. The van der Waals surface area contributed by atoms with Crippen molar-refractivity contribution in [2.45, 2.75) is 43.0 Å². The van der Waals surface area contributed by atoms with Crippen molar-refractivity contribution in [2.24, 2.45) is 10.3 Å². The number of amidine groups is 1. The fourth-order valence-electron chi connectivity index (χ4n) is 3.32. The summed E-state index contributed by atoms with van der Waals surface area (Å²) in [5.41, 5.74) is 0.511. The van der Waals surface area contributed by atoms with Gasteiger partial charge in [-0.15, -0.1) is 4.40 Å². The first kappa shape index (κ1) is 16.0. The Morgan fingerprint density at radius 3 is 2.65 bits per heavy atom. The predicted molar refractivity (Wildman–Crippen MR) is 85.7 cm³/mol. The van der Waals surface area contributed by atoms with Gasteiger partial charge in [-0.1, -0.05) is 31.4 Å². The smallest absolute Gasteiger partial charge is 0.328 e. The van der Waals surface area contributed by atoms with E-state index < -0.39 is 16.1 Å². The van der Waals surface area contributed by atoms with Gasteiger partial charge in [0.05, 0.1) is 7.11 Å². The molecule has 3 rings (SSSR count). The van der Waals surface area contributed by atoms with Crippen LogP contribution in [0.2, 0.25) is 0 Å². The summed E-state index contributed by atoms with van der Waals surface area (Å²) < 4.78 is 33.0. The van der Waals surface area contributed by atoms with Crippen molar-refractivity contribution in [3.63, 3.8) is 0 Å². The number of carbonyl (C=O) groups is 1. The third-order valence-corrected chi connectivity index (χ3v) is 5.83. The zero-order valence-corrected chi connectivity index (χ0v) is 13.8. The van der Waals surface area contributed by atoms with E-state index in [0.29, 0.717) is 5.56 Å². The molecule has 1 aromatic rings. The summed E-state index contributed by atoms with van der Waals surface area (Å²) in [5, 5.41) is 3.04. The largest absolute Gasteiger partial charge is 0.467 e. The zero-order chi connectivity index (χ0) is 16.4. The summed E-state index contributed by atoms with van der Waals surface area (Å²) >= 11 is 0. The standard InChI is InChI=1S/C16H20N2O4S/c1-22-16(19)14(11-7-3-2-4-8-11)17-15-12-9-5-6-10-13(12)23(20,21)18-15/h5-6,9-11,14H,2-4,7-8H2,1H3,(H,17,18)/t14-/m0/s1. The lowest BCUT2D eigenvalue weighted by Gasteiger charge is -2.29. The monoisotopic (exact) mass is 336 g/mol. The highest BCUT2D eigenvalue weighted by molar-refractivity contribution is 7.90. The topological polar surface area (TPSA) is 84.8 Å². The number of methoxy groups -OCH3 is 1. The molecule has 0 spiro atoms. The fourth-order valence-corrected chi connectivity index (χ4v) is 4.50. The van der Waals surface area contributed by atoms with Gasteiger partial charge >= 0.3 is 5.97 Å². The van der Waals surface area contributed by atoms with Crippen LogP contribution in [0, 0.1) is 5.92 Å². The molecule has 124 valence electrons. The second-order valence-electron chi connectivity index (χ2n) is 5.95. The molecule has 1 aromatic carbocycles. The van der Waals surface area contributed by atoms with E-state index in [0.717, 1.165) is 25.7 Å². The molecule has 6 nitrogen and oxygen atoms in total. The maximum atomic E-state index is 12.2. The summed E-state index contributed by atoms with van der Waals surface area (Å²) in [6.07, 6.45) is 5.16. The Kier molecular flexibility index (Phi) is 4.39. The van der Waals surface area contributed by atoms with E-state index in [4.69, 9.17) is 4.74 Å². The summed E-state index contributed by atoms with van der Waals surface area (Å²) in [6, 6.07) is 6.07. The number of sulfonamides is 1. The fraction of sp³-hybridized carbons (Fsp3) is 0.500. The van der Waals surface area contributed by atoms with Crippen molar-refractivity contribution in [2.75, 3.05) is 7.11 Å². The Morgan fingerprint density at radius 1 is 1.26 bits per heavy atom. The zero-order valence-electron chi connectivity index (χ0n) is 13.0. The van der Waals surface area contributed by atoms with Gasteiger partial charge in [-0.25, -0.2) is 4.79 Å². The summed E-state index contributed by atoms with van der Waals surface area (Å²) in [6.45, 7) is 0. The molecule has 1 saturated carbocycles. The minimum Gasteiger partial charge on any atom is -0.467 e. The Bertz CT molecular complexity index is 736. The van der Waals surface area contributed by atoms with Gasteiger partial charge in [0.1, 0.15) is 16.8 Å². The van der Waals surface area contributed by atoms with E-state index in [9.17, 15) is 13.2 Å². The second kappa shape index (κ2) is 6.31. The third kappa shape index (κ3) is 3.10. The number of hydrogen-bond donors (Lipinski definition) is 1. The van der Waals surface area contributed by atoms with Gasteiger partial charge in [0.15, 0.2) is 0 Å². The molecule has 7 heteroatoms. The molecule has 1 N–H and O–H groups in total. The Morgan fingerprint density at radius 2 is 1.96 bits per heavy atom. The summed E-state index contributed by atoms with van der Waals surface area (Å²) in [4.78, 5) is 12.4. The number of esters is 1. The number of fused-ring (bicyclic) bond motifs is 1. The van der Waals surface area contributed by atoms with Crippen molar-refractivity contribution >= 4 is 21.8 Å². The van der Waals surface area contributed by atoms with E-state index in [1.165, 1.54) is 19.6 Å². The Balaban J connectivity index is 1.90. The van der Waals surface area contributed by atoms with E-state index in [-0.39, 0.29) is 22.6 Å². The first-order valence-corrected chi connectivity index (χ1v) is 9.25. The number of nitrogens with one attached hydrogen (secondary N) is 1. The minimum absolute atomic E-state index is 0.134. The van der Waals surface area contributed by atoms with E-state index in [1.54, 1.807) is 18.2 Å². The van der Waals surface area contributed by atoms with Crippen molar-refractivity contribution in [3.8, 4) is 0 Å². The van der Waals surface area contributed by atoms with Crippen molar-refractivity contribution < 1.29 is 17.9 Å². The number of ether oxygens (including phenoxy) is 1. The molecule has 0 aromatic heterocycles. The summed E-state index contributed by atoms with van der Waals surface area (Å²) in [7, 11) is -2.34. The molecular formula is C16H20N2O4S. The Labute approximate surface area is 136 Å². The van der Waals surface area contributed by atoms with Crippen LogP contribution in [0.1, 0.15) is 37.7 Å². The molecule has 1 aliphatic heterocycles. The molecule has 0 unspecified atom stereocenters. The van der Waals surface area contributed by atoms with Crippen molar-refractivity contribution in [1.29, 1.82) is 0 Å². The van der Waals surface area contributed by atoms with Gasteiger partial charge in [-0.3, -0.25) is 0 Å². The van der Waals surface area contributed by atoms with E-state index in [1.807, 2.05) is 0 Å². The number of nitrogens with zero attached hydrogens (tertiary/aromatic N) is 1. The lowest BCUT2D eigenvalue weighted by atomic mass is 9.83. The number of rotatable bonds is 3. The summed E-state index contributed by atoms with van der Waals surface area (Å²) in [5.74, 6) is -0.00248. The van der Waals surface area contributed by atoms with Gasteiger partial charge in [0, 0.05) is 5.56 Å². The van der Waals surface area contributed by atoms with E-state index in [2.05, 4.69) is 9.71 Å². The van der Waals surface area contributed by atoms with Crippen molar-refractivity contribution in [3.05, 3.63) is 29.8 Å². The molecule has 1 heterocycles. The van der Waals surface area contributed by atoms with Crippen LogP contribution in [-0.2, 0) is 19.6 Å². The molecule has 0 bridgehead atoms. The molecule has 23 heavy (non-hydrogen) atoms. The van der Waals surface area contributed by atoms with E-state index >= 15 is 0 Å². The van der Waals surface area contributed by atoms with Gasteiger partial charge < -0.3 is 10.1 Å². The molecule has 1 aliphatic carbocycles. The van der Waals surface area contributed by atoms with Crippen LogP contribution in [0.4, 0.5) is 0 Å². The van der Waals surface area contributed by atoms with Crippen LogP contribution in [0.3, 0.4) is 0 Å². The molecule has 1 fully saturated rings. The Hall–Kier alpha value is -1.89. The molecule has 2 aliphatic rings. The lowest BCUT2D eigenvalue weighted by Crippen LogP contribution is -2.47. The van der Waals surface area contributed by atoms with Gasteiger partial charge in [-0.05, 0) is 30.9 Å².